The summed E-state index contributed by atoms with van der Waals surface area (Å²) in [4.78, 5) is 13.8. The van der Waals surface area contributed by atoms with E-state index in [-0.39, 0.29) is 0 Å². The van der Waals surface area contributed by atoms with Crippen molar-refractivity contribution in [3.8, 4) is 0 Å². The summed E-state index contributed by atoms with van der Waals surface area (Å²) in [6.07, 6.45) is 4.94. The molecule has 88 valence electrons. The minimum atomic E-state index is 0.426. The molecule has 3 heteroatoms. The summed E-state index contributed by atoms with van der Waals surface area (Å²) in [6.45, 7) is 6.71. The van der Waals surface area contributed by atoms with Gasteiger partial charge in [0.15, 0.2) is 0 Å². The summed E-state index contributed by atoms with van der Waals surface area (Å²) in [7, 11) is 0. The molecule has 0 spiro atoms. The van der Waals surface area contributed by atoms with E-state index in [1.54, 1.807) is 0 Å². The molecule has 0 aromatic carbocycles. The highest BCUT2D eigenvalue weighted by molar-refractivity contribution is 5.78. The van der Waals surface area contributed by atoms with Gasteiger partial charge in [0, 0.05) is 32.5 Å². The van der Waals surface area contributed by atoms with Gasteiger partial charge in [0.05, 0.1) is 13.2 Å². The average Bonchev–Trinajstić information content (AvgIpc) is 2.28. The zero-order chi connectivity index (χ0) is 10.9. The first kappa shape index (κ1) is 12.7. The van der Waals surface area contributed by atoms with E-state index < -0.39 is 0 Å². The van der Waals surface area contributed by atoms with E-state index in [0.717, 1.165) is 52.1 Å². The highest BCUT2D eigenvalue weighted by Gasteiger charge is 2.11. The highest BCUT2D eigenvalue weighted by atomic mass is 16.5. The van der Waals surface area contributed by atoms with Gasteiger partial charge in [-0.3, -0.25) is 9.69 Å². The number of hydrogen-bond acceptors (Lipinski definition) is 3. The Morgan fingerprint density at radius 3 is 2.60 bits per heavy atom. The molecular formula is C12H23NO2. The van der Waals surface area contributed by atoms with Crippen molar-refractivity contribution < 1.29 is 9.53 Å². The van der Waals surface area contributed by atoms with Crippen LogP contribution in [0.5, 0.6) is 0 Å². The van der Waals surface area contributed by atoms with Gasteiger partial charge in [-0.05, 0) is 6.42 Å². The molecule has 0 N–H and O–H groups in total. The third-order valence-corrected chi connectivity index (χ3v) is 2.87. The molecule has 15 heavy (non-hydrogen) atoms. The lowest BCUT2D eigenvalue weighted by Gasteiger charge is -2.26. The molecule has 0 atom stereocenters. The lowest BCUT2D eigenvalue weighted by molar-refractivity contribution is -0.119. The molecule has 0 amide bonds. The fourth-order valence-corrected chi connectivity index (χ4v) is 1.80. The predicted octanol–water partition coefficient (Wildman–Crippen LogP) is 1.86. The van der Waals surface area contributed by atoms with Crippen molar-refractivity contribution in [1.82, 2.24) is 4.90 Å². The number of ketones is 1. The summed E-state index contributed by atoms with van der Waals surface area (Å²) >= 11 is 0. The monoisotopic (exact) mass is 213 g/mol. The van der Waals surface area contributed by atoms with Crippen LogP contribution >= 0.6 is 0 Å². The van der Waals surface area contributed by atoms with Crippen LogP contribution in [-0.4, -0.2) is 43.5 Å². The molecule has 0 aromatic heterocycles. The van der Waals surface area contributed by atoms with Crippen molar-refractivity contribution >= 4 is 5.78 Å². The molecular weight excluding hydrogens is 190 g/mol. The Bertz CT molecular complexity index is 176. The topological polar surface area (TPSA) is 29.5 Å². The maximum Gasteiger partial charge on any atom is 0.134 e. The van der Waals surface area contributed by atoms with Gasteiger partial charge < -0.3 is 4.74 Å². The third kappa shape index (κ3) is 5.90. The Morgan fingerprint density at radius 2 is 1.93 bits per heavy atom. The van der Waals surface area contributed by atoms with Gasteiger partial charge in [-0.1, -0.05) is 19.8 Å². The minimum absolute atomic E-state index is 0.426. The molecule has 1 aliphatic rings. The fourth-order valence-electron chi connectivity index (χ4n) is 1.80. The standard InChI is InChI=1S/C12H23NO2/c1-2-3-4-5-12(14)6-7-13-8-10-15-11-9-13/h2-11H2,1H3. The molecule has 0 radical (unpaired) electrons. The van der Waals surface area contributed by atoms with Gasteiger partial charge in [-0.25, -0.2) is 0 Å². The Hall–Kier alpha value is -0.410. The first-order valence-corrected chi connectivity index (χ1v) is 6.14. The molecule has 1 heterocycles. The van der Waals surface area contributed by atoms with Crippen LogP contribution in [0.2, 0.25) is 0 Å². The summed E-state index contributed by atoms with van der Waals surface area (Å²) < 4.78 is 5.26. The lowest BCUT2D eigenvalue weighted by Crippen LogP contribution is -2.37. The van der Waals surface area contributed by atoms with Crippen molar-refractivity contribution in [2.45, 2.75) is 39.0 Å². The van der Waals surface area contributed by atoms with Crippen molar-refractivity contribution in [3.05, 3.63) is 0 Å². The number of carbonyl (C=O) groups is 1. The number of Topliss-reactive ketones (excluding diaryl/α,β-unsaturated/α-hetero) is 1. The lowest BCUT2D eigenvalue weighted by atomic mass is 10.1. The molecule has 1 aliphatic heterocycles. The van der Waals surface area contributed by atoms with Crippen molar-refractivity contribution in [1.29, 1.82) is 0 Å². The first-order valence-electron chi connectivity index (χ1n) is 6.14. The number of hydrogen-bond donors (Lipinski definition) is 0. The number of unbranched alkanes of at least 4 members (excludes halogenated alkanes) is 2. The van der Waals surface area contributed by atoms with Gasteiger partial charge >= 0.3 is 0 Å². The molecule has 0 saturated carbocycles. The van der Waals surface area contributed by atoms with E-state index >= 15 is 0 Å². The van der Waals surface area contributed by atoms with Gasteiger partial charge in [0.1, 0.15) is 5.78 Å². The summed E-state index contributed by atoms with van der Waals surface area (Å²) in [5.41, 5.74) is 0. The molecule has 1 fully saturated rings. The smallest absolute Gasteiger partial charge is 0.134 e. The van der Waals surface area contributed by atoms with Crippen molar-refractivity contribution in [2.24, 2.45) is 0 Å². The zero-order valence-corrected chi connectivity index (χ0v) is 9.83. The van der Waals surface area contributed by atoms with E-state index in [1.807, 2.05) is 0 Å². The fraction of sp³-hybridized carbons (Fsp3) is 0.917. The van der Waals surface area contributed by atoms with Crippen LogP contribution in [-0.2, 0) is 9.53 Å². The molecule has 0 aromatic rings. The van der Waals surface area contributed by atoms with Gasteiger partial charge in [0.25, 0.3) is 0 Å². The zero-order valence-electron chi connectivity index (χ0n) is 9.83. The maximum absolute atomic E-state index is 11.5. The Labute approximate surface area is 92.8 Å². The Morgan fingerprint density at radius 1 is 1.20 bits per heavy atom. The second-order valence-corrected chi connectivity index (χ2v) is 4.20. The van der Waals surface area contributed by atoms with E-state index in [2.05, 4.69) is 11.8 Å². The van der Waals surface area contributed by atoms with E-state index in [0.29, 0.717) is 5.78 Å². The van der Waals surface area contributed by atoms with E-state index in [4.69, 9.17) is 4.74 Å². The normalized spacial score (nSPS) is 17.9. The van der Waals surface area contributed by atoms with Gasteiger partial charge in [0.2, 0.25) is 0 Å². The number of ether oxygens (including phenoxy) is 1. The average molecular weight is 213 g/mol. The first-order chi connectivity index (χ1) is 7.33. The number of rotatable bonds is 7. The van der Waals surface area contributed by atoms with Crippen LogP contribution in [0.15, 0.2) is 0 Å². The van der Waals surface area contributed by atoms with Gasteiger partial charge in [-0.15, -0.1) is 0 Å². The number of morpholine rings is 1. The summed E-state index contributed by atoms with van der Waals surface area (Å²) in [6, 6.07) is 0. The SMILES string of the molecule is CCCCCC(=O)CCN1CCOCC1. The molecule has 0 bridgehead atoms. The van der Waals surface area contributed by atoms with Crippen LogP contribution < -0.4 is 0 Å². The third-order valence-electron chi connectivity index (χ3n) is 2.87. The second-order valence-electron chi connectivity index (χ2n) is 4.20. The molecule has 3 nitrogen and oxygen atoms in total. The van der Waals surface area contributed by atoms with Crippen molar-refractivity contribution in [2.75, 3.05) is 32.8 Å². The number of carbonyl (C=O) groups excluding carboxylic acids is 1. The Kier molecular flexibility index (Phi) is 6.60. The predicted molar refractivity (Wildman–Crippen MR) is 61.0 cm³/mol. The minimum Gasteiger partial charge on any atom is -0.379 e. The van der Waals surface area contributed by atoms with Crippen molar-refractivity contribution in [3.63, 3.8) is 0 Å². The summed E-state index contributed by atoms with van der Waals surface area (Å²) in [5, 5.41) is 0. The quantitative estimate of drug-likeness (QED) is 0.605. The molecule has 1 saturated heterocycles. The van der Waals surface area contributed by atoms with Crippen LogP contribution in [0.1, 0.15) is 39.0 Å². The molecule has 0 aliphatic carbocycles. The van der Waals surface area contributed by atoms with E-state index in [9.17, 15) is 4.79 Å². The van der Waals surface area contributed by atoms with Crippen LogP contribution in [0, 0.1) is 0 Å². The number of nitrogens with zero attached hydrogens (tertiary/aromatic N) is 1. The van der Waals surface area contributed by atoms with Gasteiger partial charge in [-0.2, -0.15) is 0 Å². The largest absolute Gasteiger partial charge is 0.379 e. The van der Waals surface area contributed by atoms with E-state index in [1.165, 1.54) is 12.8 Å². The van der Waals surface area contributed by atoms with Crippen LogP contribution in [0.4, 0.5) is 0 Å². The molecule has 0 unspecified atom stereocenters. The van der Waals surface area contributed by atoms with Crippen LogP contribution in [0.3, 0.4) is 0 Å². The highest BCUT2D eigenvalue weighted by Crippen LogP contribution is 2.04. The Balaban J connectivity index is 2.00. The second kappa shape index (κ2) is 7.83. The molecule has 1 rings (SSSR count). The maximum atomic E-state index is 11.5. The summed E-state index contributed by atoms with van der Waals surface area (Å²) in [5.74, 6) is 0.426. The van der Waals surface area contributed by atoms with Crippen LogP contribution in [0.25, 0.3) is 0 Å².